The molecular formula is C9H10N2O2. The maximum Gasteiger partial charge on any atom is 0.169 e. The fourth-order valence-electron chi connectivity index (χ4n) is 0.828. The number of ketones is 1. The van der Waals surface area contributed by atoms with Crippen LogP contribution in [0.5, 0.6) is 0 Å². The van der Waals surface area contributed by atoms with Gasteiger partial charge in [-0.2, -0.15) is 0 Å². The number of hydrogen-bond acceptors (Lipinski definition) is 4. The number of aliphatic hydroxyl groups is 1. The summed E-state index contributed by atoms with van der Waals surface area (Å²) in [5.74, 6) is 0.111. The maximum absolute atomic E-state index is 10.6. The first-order valence-electron chi connectivity index (χ1n) is 3.84. The molecule has 13 heavy (non-hydrogen) atoms. The fourth-order valence-corrected chi connectivity index (χ4v) is 0.828. The zero-order valence-corrected chi connectivity index (χ0v) is 7.03. The lowest BCUT2D eigenvalue weighted by molar-refractivity contribution is 0.104. The molecule has 0 saturated heterocycles. The molecule has 0 aromatic carbocycles. The van der Waals surface area contributed by atoms with Gasteiger partial charge in [-0.1, -0.05) is 0 Å². The standard InChI is InChI=1S/C9H10N2O2/c1-7(13)8-2-3-9(11-6-8)10-4-5-12/h1-3,6,12H,4-5H2,(H,10,11). The van der Waals surface area contributed by atoms with Gasteiger partial charge in [-0.25, -0.2) is 4.98 Å². The number of Topliss-reactive ketones (excluding diaryl/α,β-unsaturated/α-hetero) is 1. The van der Waals surface area contributed by atoms with Crippen LogP contribution in [-0.4, -0.2) is 29.0 Å². The third-order valence-corrected chi connectivity index (χ3v) is 1.47. The number of pyridine rings is 1. The predicted octanol–water partition coefficient (Wildman–Crippen LogP) is 0.380. The summed E-state index contributed by atoms with van der Waals surface area (Å²) in [6, 6.07) is 3.21. The van der Waals surface area contributed by atoms with Crippen LogP contribution >= 0.6 is 0 Å². The molecule has 0 atom stereocenters. The molecule has 2 N–H and O–H groups in total. The number of aliphatic hydroxyl groups excluding tert-OH is 1. The van der Waals surface area contributed by atoms with E-state index >= 15 is 0 Å². The molecule has 1 rings (SSSR count). The third-order valence-electron chi connectivity index (χ3n) is 1.47. The Bertz CT molecular complexity index is 282. The van der Waals surface area contributed by atoms with E-state index in [1.165, 1.54) is 6.20 Å². The van der Waals surface area contributed by atoms with E-state index in [1.54, 1.807) is 12.1 Å². The second-order valence-electron chi connectivity index (χ2n) is 2.45. The molecule has 0 aliphatic heterocycles. The lowest BCUT2D eigenvalue weighted by Gasteiger charge is -2.02. The summed E-state index contributed by atoms with van der Waals surface area (Å²) in [5, 5.41) is 11.4. The van der Waals surface area contributed by atoms with E-state index in [2.05, 4.69) is 10.3 Å². The van der Waals surface area contributed by atoms with Crippen LogP contribution in [0.15, 0.2) is 18.3 Å². The Kier molecular flexibility index (Phi) is 3.40. The fraction of sp³-hybridized carbons (Fsp3) is 0.222. The molecule has 0 saturated carbocycles. The van der Waals surface area contributed by atoms with Crippen molar-refractivity contribution in [1.29, 1.82) is 0 Å². The van der Waals surface area contributed by atoms with Crippen LogP contribution < -0.4 is 5.32 Å². The number of carbonyl (C=O) groups excluding carboxylic acids is 1. The molecule has 0 unspecified atom stereocenters. The summed E-state index contributed by atoms with van der Waals surface area (Å²) in [4.78, 5) is 14.6. The molecule has 0 amide bonds. The molecule has 0 aliphatic rings. The molecule has 1 aromatic heterocycles. The maximum atomic E-state index is 10.6. The lowest BCUT2D eigenvalue weighted by Crippen LogP contribution is -2.07. The van der Waals surface area contributed by atoms with Gasteiger partial charge in [0.25, 0.3) is 0 Å². The minimum Gasteiger partial charge on any atom is -0.395 e. The summed E-state index contributed by atoms with van der Waals surface area (Å²) in [6.07, 6.45) is 1.39. The van der Waals surface area contributed by atoms with Crippen molar-refractivity contribution < 1.29 is 9.90 Å². The highest BCUT2D eigenvalue weighted by molar-refractivity contribution is 5.99. The lowest BCUT2D eigenvalue weighted by atomic mass is 10.2. The van der Waals surface area contributed by atoms with Gasteiger partial charge in [0, 0.05) is 25.2 Å². The van der Waals surface area contributed by atoms with Gasteiger partial charge in [0.15, 0.2) is 5.78 Å². The van der Waals surface area contributed by atoms with Crippen molar-refractivity contribution in [3.05, 3.63) is 30.8 Å². The average molecular weight is 178 g/mol. The normalized spacial score (nSPS) is 9.69. The van der Waals surface area contributed by atoms with Crippen LogP contribution in [0.1, 0.15) is 10.4 Å². The second kappa shape index (κ2) is 4.57. The Morgan fingerprint density at radius 3 is 2.85 bits per heavy atom. The van der Waals surface area contributed by atoms with Crippen molar-refractivity contribution in [3.8, 4) is 0 Å². The van der Waals surface area contributed by atoms with Crippen LogP contribution in [-0.2, 0) is 0 Å². The van der Waals surface area contributed by atoms with Crippen molar-refractivity contribution in [2.75, 3.05) is 18.5 Å². The van der Waals surface area contributed by atoms with E-state index in [-0.39, 0.29) is 6.61 Å². The number of anilines is 1. The van der Waals surface area contributed by atoms with Crippen LogP contribution in [0.2, 0.25) is 0 Å². The highest BCUT2D eigenvalue weighted by Gasteiger charge is 1.99. The SMILES string of the molecule is [CH]C(=O)c1ccc(NCCO)nc1. The number of nitrogens with one attached hydrogen (secondary N) is 1. The largest absolute Gasteiger partial charge is 0.395 e. The van der Waals surface area contributed by atoms with E-state index in [9.17, 15) is 4.79 Å². The van der Waals surface area contributed by atoms with Crippen molar-refractivity contribution in [1.82, 2.24) is 4.98 Å². The quantitative estimate of drug-likeness (QED) is 0.654. The number of aromatic nitrogens is 1. The van der Waals surface area contributed by atoms with E-state index in [0.717, 1.165) is 0 Å². The Balaban J connectivity index is 2.64. The molecule has 68 valence electrons. The van der Waals surface area contributed by atoms with Gasteiger partial charge in [-0.05, 0) is 12.1 Å². The van der Waals surface area contributed by atoms with Crippen LogP contribution in [0.25, 0.3) is 0 Å². The number of hydrogen-bond donors (Lipinski definition) is 2. The molecule has 1 heterocycles. The monoisotopic (exact) mass is 178 g/mol. The summed E-state index contributed by atoms with van der Waals surface area (Å²) in [7, 11) is 0. The van der Waals surface area contributed by atoms with Crippen LogP contribution in [0.4, 0.5) is 5.82 Å². The van der Waals surface area contributed by atoms with Crippen molar-refractivity contribution in [2.24, 2.45) is 0 Å². The predicted molar refractivity (Wildman–Crippen MR) is 48.4 cm³/mol. The molecule has 0 aliphatic carbocycles. The average Bonchev–Trinajstić information content (AvgIpc) is 2.15. The summed E-state index contributed by atoms with van der Waals surface area (Å²) >= 11 is 0. The zero-order chi connectivity index (χ0) is 9.68. The molecule has 0 fully saturated rings. The zero-order valence-electron chi connectivity index (χ0n) is 7.03. The van der Waals surface area contributed by atoms with Gasteiger partial charge in [-0.15, -0.1) is 0 Å². The number of nitrogens with zero attached hydrogens (tertiary/aromatic N) is 1. The Labute approximate surface area is 76.6 Å². The van der Waals surface area contributed by atoms with Crippen LogP contribution in [0, 0.1) is 6.92 Å². The van der Waals surface area contributed by atoms with Gasteiger partial charge in [0.2, 0.25) is 0 Å². The molecular weight excluding hydrogens is 168 g/mol. The minimum atomic E-state index is -0.499. The first-order chi connectivity index (χ1) is 6.24. The van der Waals surface area contributed by atoms with Gasteiger partial charge in [0.05, 0.1) is 6.61 Å². The third kappa shape index (κ3) is 2.83. The summed E-state index contributed by atoms with van der Waals surface area (Å²) in [5.41, 5.74) is 0.370. The molecule has 0 spiro atoms. The first kappa shape index (κ1) is 9.67. The highest BCUT2D eigenvalue weighted by Crippen LogP contribution is 2.04. The Morgan fingerprint density at radius 1 is 1.62 bits per heavy atom. The van der Waals surface area contributed by atoms with Crippen molar-refractivity contribution in [3.63, 3.8) is 0 Å². The minimum absolute atomic E-state index is 0.0409. The molecule has 0 bridgehead atoms. The smallest absolute Gasteiger partial charge is 0.169 e. The highest BCUT2D eigenvalue weighted by atomic mass is 16.3. The first-order valence-corrected chi connectivity index (χ1v) is 3.84. The topological polar surface area (TPSA) is 62.2 Å². The number of carbonyl (C=O) groups is 1. The second-order valence-corrected chi connectivity index (χ2v) is 2.45. The molecule has 1 aromatic rings. The van der Waals surface area contributed by atoms with E-state index in [1.807, 2.05) is 0 Å². The van der Waals surface area contributed by atoms with E-state index < -0.39 is 5.78 Å². The Morgan fingerprint density at radius 2 is 2.38 bits per heavy atom. The Hall–Kier alpha value is -1.42. The molecule has 4 nitrogen and oxygen atoms in total. The van der Waals surface area contributed by atoms with E-state index in [0.29, 0.717) is 17.9 Å². The van der Waals surface area contributed by atoms with Gasteiger partial charge in [0.1, 0.15) is 5.82 Å². The van der Waals surface area contributed by atoms with Gasteiger partial charge in [-0.3, -0.25) is 4.79 Å². The summed E-state index contributed by atoms with van der Waals surface area (Å²) < 4.78 is 0. The van der Waals surface area contributed by atoms with Crippen molar-refractivity contribution >= 4 is 11.6 Å². The summed E-state index contributed by atoms with van der Waals surface area (Å²) in [6.45, 7) is 5.50. The van der Waals surface area contributed by atoms with E-state index in [4.69, 9.17) is 12.0 Å². The molecule has 2 radical (unpaired) electrons. The van der Waals surface area contributed by atoms with Crippen LogP contribution in [0.3, 0.4) is 0 Å². The molecule has 4 heteroatoms. The van der Waals surface area contributed by atoms with Gasteiger partial charge >= 0.3 is 0 Å². The van der Waals surface area contributed by atoms with Crippen molar-refractivity contribution in [2.45, 2.75) is 0 Å². The number of rotatable bonds is 4. The van der Waals surface area contributed by atoms with Gasteiger partial charge < -0.3 is 10.4 Å².